The van der Waals surface area contributed by atoms with E-state index in [2.05, 4.69) is 22.3 Å². The molecule has 1 heterocycles. The average Bonchev–Trinajstić information content (AvgIpc) is 3.40. The van der Waals surface area contributed by atoms with Crippen LogP contribution in [0.25, 0.3) is 11.5 Å². The Balaban J connectivity index is 1.42. The zero-order chi connectivity index (χ0) is 23.9. The van der Waals surface area contributed by atoms with Gasteiger partial charge in [0.25, 0.3) is 5.89 Å². The van der Waals surface area contributed by atoms with Crippen molar-refractivity contribution in [2.45, 2.75) is 69.4 Å². The zero-order valence-corrected chi connectivity index (χ0v) is 19.8. The number of nitrogens with zero attached hydrogens (tertiary/aromatic N) is 3. The lowest BCUT2D eigenvalue weighted by atomic mass is 9.67. The highest BCUT2D eigenvalue weighted by Gasteiger charge is 2.52. The maximum atomic E-state index is 14.3. The molecule has 2 saturated carbocycles. The van der Waals surface area contributed by atoms with E-state index < -0.39 is 16.8 Å². The van der Waals surface area contributed by atoms with Gasteiger partial charge in [0.2, 0.25) is 0 Å². The molecule has 0 bridgehead atoms. The largest absolute Gasteiger partial charge is 0.444 e. The number of amides is 1. The molecule has 0 radical (unpaired) electrons. The second kappa shape index (κ2) is 8.53. The molecule has 0 spiro atoms. The first-order valence-electron chi connectivity index (χ1n) is 11.9. The Morgan fingerprint density at radius 2 is 1.85 bits per heavy atom. The quantitative estimate of drug-likeness (QED) is 0.442. The van der Waals surface area contributed by atoms with E-state index in [0.29, 0.717) is 12.4 Å². The number of benzene rings is 2. The maximum absolute atomic E-state index is 14.3. The number of rotatable bonds is 6. The summed E-state index contributed by atoms with van der Waals surface area (Å²) in [5, 5.41) is 4.24. The Kier molecular flexibility index (Phi) is 5.66. The van der Waals surface area contributed by atoms with Crippen molar-refractivity contribution in [2.24, 2.45) is 0 Å². The Bertz CT molecular complexity index is 1170. The van der Waals surface area contributed by atoms with Crippen LogP contribution in [0.2, 0.25) is 0 Å². The normalized spacial score (nSPS) is 20.9. The highest BCUT2D eigenvalue weighted by atomic mass is 19.1. The van der Waals surface area contributed by atoms with Gasteiger partial charge in [-0.05, 0) is 57.7 Å². The summed E-state index contributed by atoms with van der Waals surface area (Å²) in [6.07, 6.45) is 3.27. The topological polar surface area (TPSA) is 68.5 Å². The van der Waals surface area contributed by atoms with Gasteiger partial charge in [0.15, 0.2) is 5.82 Å². The Labute approximate surface area is 199 Å². The van der Waals surface area contributed by atoms with Crippen LogP contribution in [0.4, 0.5) is 9.18 Å². The Hall–Kier alpha value is -3.22. The number of carbonyl (C=O) groups excluding carboxylic acids is 1. The molecule has 1 unspecified atom stereocenters. The summed E-state index contributed by atoms with van der Waals surface area (Å²) < 4.78 is 25.5. The fraction of sp³-hybridized carbons (Fsp3) is 0.444. The van der Waals surface area contributed by atoms with Crippen molar-refractivity contribution in [3.63, 3.8) is 0 Å². The summed E-state index contributed by atoms with van der Waals surface area (Å²) in [7, 11) is 0. The van der Waals surface area contributed by atoms with Crippen LogP contribution in [0.3, 0.4) is 0 Å². The van der Waals surface area contributed by atoms with E-state index >= 15 is 0 Å². The van der Waals surface area contributed by atoms with Crippen molar-refractivity contribution in [1.29, 1.82) is 0 Å². The molecule has 7 heteroatoms. The van der Waals surface area contributed by atoms with E-state index in [1.165, 1.54) is 11.6 Å². The monoisotopic (exact) mass is 463 g/mol. The molecule has 0 saturated heterocycles. The minimum Gasteiger partial charge on any atom is -0.444 e. The van der Waals surface area contributed by atoms with Crippen molar-refractivity contribution in [2.75, 3.05) is 6.54 Å². The predicted molar refractivity (Wildman–Crippen MR) is 126 cm³/mol. The lowest BCUT2D eigenvalue weighted by Gasteiger charge is -2.43. The Morgan fingerprint density at radius 1 is 1.15 bits per heavy atom. The smallest absolute Gasteiger partial charge is 0.410 e. The summed E-state index contributed by atoms with van der Waals surface area (Å²) in [6, 6.07) is 16.7. The van der Waals surface area contributed by atoms with Crippen molar-refractivity contribution >= 4 is 6.09 Å². The highest BCUT2D eigenvalue weighted by molar-refractivity contribution is 5.70. The van der Waals surface area contributed by atoms with E-state index in [1.807, 2.05) is 43.9 Å². The van der Waals surface area contributed by atoms with Gasteiger partial charge in [-0.3, -0.25) is 0 Å². The van der Waals surface area contributed by atoms with E-state index in [9.17, 15) is 9.18 Å². The predicted octanol–water partition coefficient (Wildman–Crippen LogP) is 6.09. The summed E-state index contributed by atoms with van der Waals surface area (Å²) in [6.45, 7) is 6.09. The lowest BCUT2D eigenvalue weighted by molar-refractivity contribution is 0.0123. The molecule has 2 fully saturated rings. The van der Waals surface area contributed by atoms with Crippen LogP contribution in [0.15, 0.2) is 59.1 Å². The number of aromatic nitrogens is 2. The van der Waals surface area contributed by atoms with E-state index in [4.69, 9.17) is 9.26 Å². The maximum Gasteiger partial charge on any atom is 0.410 e. The summed E-state index contributed by atoms with van der Waals surface area (Å²) in [5.41, 5.74) is 0.494. The van der Waals surface area contributed by atoms with Crippen LogP contribution in [0, 0.1) is 5.82 Å². The minimum atomic E-state index is -0.594. The van der Waals surface area contributed by atoms with Crippen LogP contribution in [0.5, 0.6) is 0 Å². The number of hydrogen-bond acceptors (Lipinski definition) is 5. The number of ether oxygens (including phenoxy) is 1. The number of carbonyl (C=O) groups is 1. The molecule has 2 aliphatic rings. The van der Waals surface area contributed by atoms with Crippen LogP contribution < -0.4 is 0 Å². The first kappa shape index (κ1) is 22.6. The third-order valence-electron chi connectivity index (χ3n) is 6.80. The third kappa shape index (κ3) is 4.43. The molecule has 2 aliphatic carbocycles. The summed E-state index contributed by atoms with van der Waals surface area (Å²) >= 11 is 0. The molecule has 6 nitrogen and oxygen atoms in total. The second-order valence-corrected chi connectivity index (χ2v) is 10.5. The minimum absolute atomic E-state index is 0.0627. The fourth-order valence-electron chi connectivity index (χ4n) is 4.79. The molecule has 5 rings (SSSR count). The average molecular weight is 464 g/mol. The van der Waals surface area contributed by atoms with Gasteiger partial charge in [-0.2, -0.15) is 4.98 Å². The summed E-state index contributed by atoms with van der Waals surface area (Å²) in [4.78, 5) is 19.8. The summed E-state index contributed by atoms with van der Waals surface area (Å²) in [5.74, 6) is 0.573. The standard InChI is InChI=1S/C27H30FN3O3/c1-26(2,3)33-25(32)31(22-16-20(22)18-10-5-4-6-11-18)17-27(14-9-15-27)24-29-23(34-30-24)19-12-7-8-13-21(19)28/h4-8,10-13,20,22H,9,14-17H2,1-3H3/t20?,22-/m0/s1. The molecule has 34 heavy (non-hydrogen) atoms. The van der Waals surface area contributed by atoms with Crippen LogP contribution in [0.1, 0.15) is 63.8 Å². The van der Waals surface area contributed by atoms with E-state index in [0.717, 1.165) is 25.7 Å². The van der Waals surface area contributed by atoms with Crippen molar-refractivity contribution in [3.05, 3.63) is 71.8 Å². The molecule has 0 N–H and O–H groups in total. The van der Waals surface area contributed by atoms with Crippen LogP contribution in [-0.4, -0.2) is 39.3 Å². The van der Waals surface area contributed by atoms with Crippen molar-refractivity contribution in [1.82, 2.24) is 15.0 Å². The molecule has 178 valence electrons. The molecular weight excluding hydrogens is 433 g/mol. The van der Waals surface area contributed by atoms with Gasteiger partial charge in [0.05, 0.1) is 11.0 Å². The van der Waals surface area contributed by atoms with E-state index in [-0.39, 0.29) is 29.5 Å². The van der Waals surface area contributed by atoms with Gasteiger partial charge < -0.3 is 14.2 Å². The lowest BCUT2D eigenvalue weighted by Crippen LogP contribution is -2.50. The second-order valence-electron chi connectivity index (χ2n) is 10.5. The zero-order valence-electron chi connectivity index (χ0n) is 19.8. The molecule has 0 aliphatic heterocycles. The molecule has 3 aromatic rings. The SMILES string of the molecule is CC(C)(C)OC(=O)N(CC1(c2noc(-c3ccccc3F)n2)CCC1)[C@H]1CC1c1ccccc1. The van der Waals surface area contributed by atoms with Gasteiger partial charge in [-0.1, -0.05) is 54.0 Å². The Morgan fingerprint density at radius 3 is 2.50 bits per heavy atom. The molecule has 2 atom stereocenters. The first-order chi connectivity index (χ1) is 16.3. The molecule has 2 aromatic carbocycles. The number of halogens is 1. The van der Waals surface area contributed by atoms with Gasteiger partial charge in [-0.25, -0.2) is 9.18 Å². The van der Waals surface area contributed by atoms with Crippen molar-refractivity contribution < 1.29 is 18.4 Å². The highest BCUT2D eigenvalue weighted by Crippen LogP contribution is 2.49. The molecule has 1 amide bonds. The third-order valence-corrected chi connectivity index (χ3v) is 6.80. The first-order valence-corrected chi connectivity index (χ1v) is 11.9. The molecule has 1 aromatic heterocycles. The fourth-order valence-corrected chi connectivity index (χ4v) is 4.79. The van der Waals surface area contributed by atoms with Gasteiger partial charge in [0.1, 0.15) is 11.4 Å². The van der Waals surface area contributed by atoms with Crippen LogP contribution >= 0.6 is 0 Å². The van der Waals surface area contributed by atoms with E-state index in [1.54, 1.807) is 18.2 Å². The van der Waals surface area contributed by atoms with Gasteiger partial charge >= 0.3 is 6.09 Å². The van der Waals surface area contributed by atoms with Gasteiger partial charge in [0, 0.05) is 18.5 Å². The van der Waals surface area contributed by atoms with Crippen LogP contribution in [-0.2, 0) is 10.2 Å². The van der Waals surface area contributed by atoms with Crippen molar-refractivity contribution in [3.8, 4) is 11.5 Å². The number of hydrogen-bond donors (Lipinski definition) is 0. The van der Waals surface area contributed by atoms with Gasteiger partial charge in [-0.15, -0.1) is 0 Å². The molecular formula is C27H30FN3O3.